The quantitative estimate of drug-likeness (QED) is 0.607. The van der Waals surface area contributed by atoms with E-state index in [1.54, 1.807) is 5.70 Å². The average molecular weight is 453 g/mol. The molecule has 4 rings (SSSR count). The second-order valence-corrected chi connectivity index (χ2v) is 8.76. The molecule has 2 nitrogen and oxygen atoms in total. The van der Waals surface area contributed by atoms with Crippen molar-refractivity contribution in [3.63, 3.8) is 0 Å². The van der Waals surface area contributed by atoms with Gasteiger partial charge >= 0.3 is 0 Å². The van der Waals surface area contributed by atoms with Gasteiger partial charge in [-0.2, -0.15) is 0 Å². The lowest BCUT2D eigenvalue weighted by atomic mass is 9.77. The van der Waals surface area contributed by atoms with Gasteiger partial charge in [-0.1, -0.05) is 60.7 Å². The molecule has 1 fully saturated rings. The van der Waals surface area contributed by atoms with Crippen LogP contribution in [0.4, 0.5) is 0 Å². The maximum absolute atomic E-state index is 2.64. The molecule has 1 saturated heterocycles. The zero-order chi connectivity index (χ0) is 19.4. The van der Waals surface area contributed by atoms with E-state index in [1.807, 2.05) is 0 Å². The molecule has 2 aliphatic heterocycles. The smallest absolute Gasteiger partial charge is 0.165 e. The van der Waals surface area contributed by atoms with E-state index in [0.717, 1.165) is 19.4 Å². The first-order chi connectivity index (χ1) is 13.6. The van der Waals surface area contributed by atoms with Crippen LogP contribution in [0.2, 0.25) is 0 Å². The van der Waals surface area contributed by atoms with Crippen LogP contribution in [0.25, 0.3) is 0 Å². The Morgan fingerprint density at radius 1 is 0.897 bits per heavy atom. The number of allylic oxidation sites excluding steroid dienone is 1. The predicted octanol–water partition coefficient (Wildman–Crippen LogP) is 1.95. The first-order valence-electron chi connectivity index (χ1n) is 10.8. The number of hydrogen-bond donors (Lipinski definition) is 0. The molecule has 0 aliphatic carbocycles. The van der Waals surface area contributed by atoms with E-state index in [9.17, 15) is 0 Å². The van der Waals surface area contributed by atoms with Crippen LogP contribution in [0.1, 0.15) is 37.8 Å². The molecule has 2 aromatic rings. The van der Waals surface area contributed by atoms with Crippen LogP contribution in [0.15, 0.2) is 72.4 Å². The highest BCUT2D eigenvalue weighted by molar-refractivity contribution is 5.69. The number of halogens is 1. The van der Waals surface area contributed by atoms with Crippen molar-refractivity contribution in [2.75, 3.05) is 19.6 Å². The zero-order valence-corrected chi connectivity index (χ0v) is 19.3. The first-order valence-corrected chi connectivity index (χ1v) is 10.8. The Hall–Kier alpha value is -1.87. The van der Waals surface area contributed by atoms with Gasteiger partial charge in [0, 0.05) is 45.1 Å². The summed E-state index contributed by atoms with van der Waals surface area (Å²) >= 11 is 0. The predicted molar refractivity (Wildman–Crippen MR) is 118 cm³/mol. The minimum atomic E-state index is 0. The summed E-state index contributed by atoms with van der Waals surface area (Å²) in [6.45, 7) is 8.36. The highest BCUT2D eigenvalue weighted by Gasteiger charge is 2.45. The van der Waals surface area contributed by atoms with E-state index in [2.05, 4.69) is 96.3 Å². The molecule has 0 radical (unpaired) electrons. The number of likely N-dealkylation sites (tertiary alicyclic amines) is 1. The molecule has 2 heterocycles. The molecule has 29 heavy (non-hydrogen) atoms. The molecule has 0 spiro atoms. The molecule has 0 saturated carbocycles. The Bertz CT molecular complexity index is 834. The minimum absolute atomic E-state index is 0. The summed E-state index contributed by atoms with van der Waals surface area (Å²) in [5, 5.41) is 0. The zero-order valence-electron chi connectivity index (χ0n) is 17.7. The third kappa shape index (κ3) is 5.01. The van der Waals surface area contributed by atoms with Gasteiger partial charge in [-0.05, 0) is 30.4 Å². The van der Waals surface area contributed by atoms with Crippen LogP contribution < -0.4 is 17.0 Å². The summed E-state index contributed by atoms with van der Waals surface area (Å²) in [7, 11) is 0. The van der Waals surface area contributed by atoms with Gasteiger partial charge in [0.05, 0.1) is 5.92 Å². The largest absolute Gasteiger partial charge is 1.00 e. The molecule has 1 unspecified atom stereocenters. The van der Waals surface area contributed by atoms with Gasteiger partial charge in [0.25, 0.3) is 0 Å². The molecule has 2 aromatic carbocycles. The van der Waals surface area contributed by atoms with E-state index in [4.69, 9.17) is 0 Å². The van der Waals surface area contributed by atoms with Gasteiger partial charge in [0.15, 0.2) is 11.8 Å². The topological polar surface area (TPSA) is 6.25 Å². The van der Waals surface area contributed by atoms with Crippen molar-refractivity contribution >= 4 is 6.21 Å². The van der Waals surface area contributed by atoms with E-state index >= 15 is 0 Å². The van der Waals surface area contributed by atoms with Gasteiger partial charge in [-0.15, -0.1) is 0 Å². The van der Waals surface area contributed by atoms with E-state index in [0.29, 0.717) is 5.92 Å². The molecule has 2 aliphatic rings. The van der Waals surface area contributed by atoms with E-state index < -0.39 is 0 Å². The fraction of sp³-hybridized carbons (Fsp3) is 0.423. The monoisotopic (exact) mass is 452 g/mol. The number of benzene rings is 2. The third-order valence-electron chi connectivity index (χ3n) is 6.61. The molecule has 1 atom stereocenters. The lowest BCUT2D eigenvalue weighted by molar-refractivity contribution is -0.606. The fourth-order valence-electron chi connectivity index (χ4n) is 4.80. The van der Waals surface area contributed by atoms with Gasteiger partial charge in [-0.25, -0.2) is 4.58 Å². The second-order valence-electron chi connectivity index (χ2n) is 8.76. The molecule has 0 aromatic heterocycles. The highest BCUT2D eigenvalue weighted by Crippen LogP contribution is 2.36. The lowest BCUT2D eigenvalue weighted by Gasteiger charge is -2.39. The normalized spacial score (nSPS) is 20.6. The van der Waals surface area contributed by atoms with E-state index in [-0.39, 0.29) is 22.5 Å². The Balaban J connectivity index is 0.00000240. The average Bonchev–Trinajstić information content (AvgIpc) is 3.25. The second kappa shape index (κ2) is 9.75. The Labute approximate surface area is 186 Å². The van der Waals surface area contributed by atoms with Gasteiger partial charge in [-0.3, -0.25) is 0 Å². The van der Waals surface area contributed by atoms with Crippen molar-refractivity contribution < 1.29 is 21.6 Å². The summed E-state index contributed by atoms with van der Waals surface area (Å²) in [6.07, 6.45) is 9.62. The molecular weight excluding hydrogens is 420 g/mol. The highest BCUT2D eigenvalue weighted by atomic mass is 79.9. The van der Waals surface area contributed by atoms with Crippen LogP contribution in [-0.4, -0.2) is 40.9 Å². The molecule has 0 amide bonds. The Morgan fingerprint density at radius 2 is 1.48 bits per heavy atom. The summed E-state index contributed by atoms with van der Waals surface area (Å²) in [5.41, 5.74) is 4.50. The van der Waals surface area contributed by atoms with Crippen molar-refractivity contribution in [1.29, 1.82) is 0 Å². The van der Waals surface area contributed by atoms with Crippen molar-refractivity contribution in [1.82, 2.24) is 4.90 Å². The van der Waals surface area contributed by atoms with Crippen LogP contribution in [0, 0.1) is 5.92 Å². The van der Waals surface area contributed by atoms with Gasteiger partial charge in [0.2, 0.25) is 0 Å². The molecular formula is C26H33BrN2. The van der Waals surface area contributed by atoms with Crippen molar-refractivity contribution in [2.45, 2.75) is 45.1 Å². The van der Waals surface area contributed by atoms with Crippen LogP contribution in [-0.2, 0) is 12.8 Å². The van der Waals surface area contributed by atoms with Crippen molar-refractivity contribution in [3.8, 4) is 0 Å². The summed E-state index contributed by atoms with van der Waals surface area (Å²) in [5.74, 6) is 0.508. The summed E-state index contributed by atoms with van der Waals surface area (Å²) in [6, 6.07) is 21.9. The fourth-order valence-corrected chi connectivity index (χ4v) is 4.80. The number of rotatable bonds is 6. The summed E-state index contributed by atoms with van der Waals surface area (Å²) in [4.78, 5) is 2.64. The van der Waals surface area contributed by atoms with Crippen molar-refractivity contribution in [2.24, 2.45) is 5.92 Å². The third-order valence-corrected chi connectivity index (χ3v) is 6.61. The Morgan fingerprint density at radius 3 is 2.10 bits per heavy atom. The van der Waals surface area contributed by atoms with Gasteiger partial charge in [0.1, 0.15) is 6.54 Å². The maximum Gasteiger partial charge on any atom is 0.165 e. The molecule has 154 valence electrons. The van der Waals surface area contributed by atoms with Crippen molar-refractivity contribution in [3.05, 3.63) is 83.6 Å². The van der Waals surface area contributed by atoms with Gasteiger partial charge < -0.3 is 21.9 Å². The van der Waals surface area contributed by atoms with Crippen LogP contribution >= 0.6 is 0 Å². The molecule has 0 bridgehead atoms. The van der Waals surface area contributed by atoms with E-state index in [1.165, 1.54) is 37.1 Å². The summed E-state index contributed by atoms with van der Waals surface area (Å²) < 4.78 is 2.58. The Kier molecular flexibility index (Phi) is 7.34. The first kappa shape index (κ1) is 21.8. The molecule has 3 heteroatoms. The maximum atomic E-state index is 2.64. The SMILES string of the molecule is CC1(C)C(Cc2ccccc2)C(N2CCCC2)=CC=[N+]1CCc1ccccc1.[Br-]. The standard InChI is InChI=1S/C26H33N2.BrH/c1-26(2)24(21-23-13-7-4-8-14-23)25(27-17-9-10-18-27)16-20-28(26)19-15-22-11-5-3-6-12-22;/h3-8,11-14,16,20,24H,9-10,15,17-19,21H2,1-2H3;1H/q+1;/p-1. The number of hydrogen-bond acceptors (Lipinski definition) is 1. The molecule has 0 N–H and O–H groups in total. The number of nitrogens with zero attached hydrogens (tertiary/aromatic N) is 2. The lowest BCUT2D eigenvalue weighted by Crippen LogP contribution is -3.00. The van der Waals surface area contributed by atoms with Crippen LogP contribution in [0.3, 0.4) is 0 Å². The minimum Gasteiger partial charge on any atom is -1.00 e. The van der Waals surface area contributed by atoms with Crippen LogP contribution in [0.5, 0.6) is 0 Å².